The summed E-state index contributed by atoms with van der Waals surface area (Å²) in [6.45, 7) is 0. The smallest absolute Gasteiger partial charge is 0.142 e. The zero-order chi connectivity index (χ0) is 65.0. The van der Waals surface area contributed by atoms with Crippen molar-refractivity contribution in [2.45, 2.75) is 0 Å². The van der Waals surface area contributed by atoms with Gasteiger partial charge in [0.25, 0.3) is 0 Å². The Morgan fingerprint density at radius 3 is 0.506 bits per heavy atom. The van der Waals surface area contributed by atoms with Crippen molar-refractivity contribution in [3.8, 4) is 44.5 Å². The molecular weight excluding hydrogens is 1030 g/mol. The van der Waals surface area contributed by atoms with E-state index in [0.29, 0.717) is 0 Å². The predicted octanol–water partition coefficient (Wildman–Crippen LogP) is -22.5. The van der Waals surface area contributed by atoms with Crippen LogP contribution in [-0.2, 0) is 0 Å². The average molecular weight is 1030 g/mol. The van der Waals surface area contributed by atoms with Gasteiger partial charge in [0.05, 0.1) is 0 Å². The largest absolute Gasteiger partial charge is 0.455 e. The number of fused-ring (bicyclic) bond motifs is 3. The van der Waals surface area contributed by atoms with Gasteiger partial charge in [-0.1, -0.05) is 131 Å². The van der Waals surface area contributed by atoms with Crippen LogP contribution in [0.15, 0.2) is 4.42 Å². The van der Waals surface area contributed by atoms with E-state index >= 15 is 0 Å². The van der Waals surface area contributed by atoms with Crippen molar-refractivity contribution in [2.24, 2.45) is 0 Å². The molecule has 0 amide bonds. The van der Waals surface area contributed by atoms with E-state index in [0.717, 1.165) is 0 Å². The molecule has 13 aromatic rings. The number of hydrogen-bond donors (Lipinski definition) is 0. The lowest BCUT2D eigenvalue weighted by atomic mass is 9.56. The zero-order valence-electron chi connectivity index (χ0n) is 46.9. The Bertz CT molecular complexity index is 5180. The van der Waals surface area contributed by atoms with Crippen LogP contribution in [-0.4, -0.2) is 251 Å². The fraction of sp³-hybridized carbons (Fsp3) is 0. The van der Waals surface area contributed by atoms with Gasteiger partial charge in [0.15, 0.2) is 0 Å². The van der Waals surface area contributed by atoms with E-state index in [9.17, 15) is 0 Å². The van der Waals surface area contributed by atoms with Crippen LogP contribution in [0.2, 0.25) is 0 Å². The number of furan rings is 1. The standard InChI is InChI=1S/C56B32O/c57-23-15(7-5-1-3-11(33(67)27(5)61)39(73)47(81)41(75)13(3)37(71)35(69)9(1)31(65)29(7)63)25(59)21-22-26(60)16(8-6-2-4-12(34(68)28(6)62)40(74)48(82)42(76)14(4)38(72)36(70)10(2)32(66)30(8)64)24(58)20(18-45(79)51(85)54(88)52(86)46(18)80)56(22)89-55(21)19(23)17-43(77)49(83)53(87)50(84)44(17)78. The summed E-state index contributed by atoms with van der Waals surface area (Å²) in [5.41, 5.74) is -7.00. The van der Waals surface area contributed by atoms with E-state index in [1.165, 1.54) is 0 Å². The molecule has 0 saturated carbocycles. The SMILES string of the molecule is [B]c1c([B])c([B])c(-c2c([B])c(-c3c([B])c([B])c4c([B])c([B])c5c([B])c([B])c([B])c6c([B])c([B])c3c4c56)c([B])c3c2oc2c(-c4c([B])c([B])c([B])c([B])c4[B])c([B])c(-c4c([B])c([B])c5c([B])c([B])c6c([B])c([B])c([B])c7c([B])c([B])c4c5c67)c([B])c23)c([B])c1[B]. The molecule has 0 N–H and O–H groups in total. The molecule has 89 heavy (non-hydrogen) atoms. The summed E-state index contributed by atoms with van der Waals surface area (Å²) < 4.78 is 7.15. The number of benzene rings is 12. The summed E-state index contributed by atoms with van der Waals surface area (Å²) in [5, 5.41) is 1.55. The Morgan fingerprint density at radius 2 is 0.258 bits per heavy atom. The molecule has 1 nitrogen and oxygen atoms in total. The minimum atomic E-state index is -0.303. The molecule has 0 atom stereocenters. The maximum absolute atomic E-state index is 7.77. The van der Waals surface area contributed by atoms with Gasteiger partial charge >= 0.3 is 0 Å². The molecule has 0 bridgehead atoms. The molecule has 0 aliphatic rings. The van der Waals surface area contributed by atoms with E-state index in [-0.39, 0.29) is 306 Å². The third kappa shape index (κ3) is 7.55. The maximum Gasteiger partial charge on any atom is 0.142 e. The molecule has 64 radical (unpaired) electrons. The highest BCUT2D eigenvalue weighted by Gasteiger charge is 2.34. The third-order valence-electron chi connectivity index (χ3n) is 18.1. The highest BCUT2D eigenvalue weighted by Crippen LogP contribution is 2.42. The monoisotopic (exact) mass is 1040 g/mol. The fourth-order valence-corrected chi connectivity index (χ4v) is 13.6. The Morgan fingerprint density at radius 1 is 0.101 bits per heavy atom. The molecule has 0 aliphatic carbocycles. The molecule has 1 aromatic heterocycles. The van der Waals surface area contributed by atoms with Gasteiger partial charge in [-0.05, 0) is 98.0 Å². The first-order chi connectivity index (χ1) is 41.6. The summed E-state index contributed by atoms with van der Waals surface area (Å²) in [6, 6.07) is 0. The van der Waals surface area contributed by atoms with Crippen LogP contribution >= 0.6 is 0 Å². The fourth-order valence-electron chi connectivity index (χ4n) is 13.6. The van der Waals surface area contributed by atoms with Crippen LogP contribution in [0, 0.1) is 0 Å². The quantitative estimate of drug-likeness (QED) is 0.126. The molecule has 33 heteroatoms. The Kier molecular flexibility index (Phi) is 14.4. The Balaban J connectivity index is 1.36. The molecule has 326 valence electrons. The van der Waals surface area contributed by atoms with E-state index in [1.807, 2.05) is 0 Å². The van der Waals surface area contributed by atoms with Crippen molar-refractivity contribution in [3.63, 3.8) is 0 Å². The van der Waals surface area contributed by atoms with Crippen LogP contribution in [0.5, 0.6) is 0 Å². The summed E-state index contributed by atoms with van der Waals surface area (Å²) in [5.74, 6) is 0. The second-order valence-electron chi connectivity index (χ2n) is 22.2. The van der Waals surface area contributed by atoms with Gasteiger partial charge in [-0.15, -0.1) is 43.7 Å². The van der Waals surface area contributed by atoms with Gasteiger partial charge in [-0.25, -0.2) is 0 Å². The van der Waals surface area contributed by atoms with Crippen molar-refractivity contribution in [2.75, 3.05) is 0 Å². The first-order valence-corrected chi connectivity index (χ1v) is 26.4. The molecule has 12 aromatic carbocycles. The highest BCUT2D eigenvalue weighted by atomic mass is 16.3. The molecule has 0 saturated heterocycles. The number of rotatable bonds is 4. The van der Waals surface area contributed by atoms with Crippen LogP contribution in [0.25, 0.3) is 131 Å². The lowest BCUT2D eigenvalue weighted by Gasteiger charge is -2.31. The zero-order valence-corrected chi connectivity index (χ0v) is 46.9. The lowest BCUT2D eigenvalue weighted by Crippen LogP contribution is -2.55. The molecule has 0 unspecified atom stereocenters. The van der Waals surface area contributed by atoms with Crippen LogP contribution in [0.3, 0.4) is 0 Å². The normalized spacial score (nSPS) is 12.1. The minimum Gasteiger partial charge on any atom is -0.455 e. The highest BCUT2D eigenvalue weighted by molar-refractivity contribution is 6.80. The van der Waals surface area contributed by atoms with Crippen LogP contribution in [0.4, 0.5) is 0 Å². The van der Waals surface area contributed by atoms with Crippen LogP contribution < -0.4 is 175 Å². The van der Waals surface area contributed by atoms with Gasteiger partial charge in [0, 0.05) is 21.9 Å². The predicted molar refractivity (Wildman–Crippen MR) is 415 cm³/mol. The summed E-state index contributed by atoms with van der Waals surface area (Å²) in [7, 11) is 223. The van der Waals surface area contributed by atoms with Gasteiger partial charge in [-0.3, -0.25) is 0 Å². The molecule has 0 aliphatic heterocycles. The third-order valence-corrected chi connectivity index (χ3v) is 18.1. The van der Waals surface area contributed by atoms with Crippen LogP contribution in [0.1, 0.15) is 0 Å². The summed E-state index contributed by atoms with van der Waals surface area (Å²) in [4.78, 5) is 0. The van der Waals surface area contributed by atoms with Gasteiger partial charge in [-0.2, -0.15) is 0 Å². The van der Waals surface area contributed by atoms with Gasteiger partial charge in [0.2, 0.25) is 0 Å². The van der Waals surface area contributed by atoms with E-state index in [4.69, 9.17) is 255 Å². The Hall–Kier alpha value is -5.40. The van der Waals surface area contributed by atoms with E-state index in [1.54, 1.807) is 0 Å². The molecule has 13 rings (SSSR count). The maximum atomic E-state index is 7.77. The van der Waals surface area contributed by atoms with Crippen molar-refractivity contribution in [3.05, 3.63) is 0 Å². The number of hydrogen-bond acceptors (Lipinski definition) is 1. The van der Waals surface area contributed by atoms with E-state index in [2.05, 4.69) is 0 Å². The average Bonchev–Trinajstić information content (AvgIpc) is 1.08. The van der Waals surface area contributed by atoms with Crippen molar-refractivity contribution in [1.82, 2.24) is 0 Å². The molecule has 1 heterocycles. The second kappa shape index (κ2) is 20.5. The van der Waals surface area contributed by atoms with Crippen molar-refractivity contribution < 1.29 is 4.42 Å². The van der Waals surface area contributed by atoms with Crippen molar-refractivity contribution in [1.29, 1.82) is 0 Å². The first-order valence-electron chi connectivity index (χ1n) is 26.4. The van der Waals surface area contributed by atoms with Crippen molar-refractivity contribution >= 4 is 512 Å². The Labute approximate surface area is 557 Å². The lowest BCUT2D eigenvalue weighted by molar-refractivity contribution is 0.672. The topological polar surface area (TPSA) is 13.1 Å². The van der Waals surface area contributed by atoms with Gasteiger partial charge in [0.1, 0.15) is 262 Å². The molecule has 0 spiro atoms. The summed E-state index contributed by atoms with van der Waals surface area (Å²) >= 11 is 0. The summed E-state index contributed by atoms with van der Waals surface area (Å²) in [6.07, 6.45) is 0. The second-order valence-corrected chi connectivity index (χ2v) is 22.2. The minimum absolute atomic E-state index is 0.0394. The van der Waals surface area contributed by atoms with Gasteiger partial charge < -0.3 is 4.42 Å². The first kappa shape index (κ1) is 62.4. The van der Waals surface area contributed by atoms with E-state index < -0.39 is 0 Å². The molecule has 0 fully saturated rings. The molecular formula is C56B32O.